The molecule has 2 N–H and O–H groups in total. The summed E-state index contributed by atoms with van der Waals surface area (Å²) in [5.41, 5.74) is 1.10. The lowest BCUT2D eigenvalue weighted by molar-refractivity contribution is -0.140. The van der Waals surface area contributed by atoms with Crippen molar-refractivity contribution in [2.45, 2.75) is 44.6 Å². The van der Waals surface area contributed by atoms with Gasteiger partial charge in [-0.05, 0) is 56.2 Å². The molecule has 0 spiro atoms. The van der Waals surface area contributed by atoms with Crippen molar-refractivity contribution < 1.29 is 14.3 Å². The van der Waals surface area contributed by atoms with Crippen LogP contribution in [0.1, 0.15) is 37.7 Å². The summed E-state index contributed by atoms with van der Waals surface area (Å²) in [6.45, 7) is 2.71. The Morgan fingerprint density at radius 1 is 1.19 bits per heavy atom. The van der Waals surface area contributed by atoms with Gasteiger partial charge in [0, 0.05) is 26.2 Å². The molecule has 0 saturated carbocycles. The molecule has 0 radical (unpaired) electrons. The van der Waals surface area contributed by atoms with Gasteiger partial charge in [-0.3, -0.25) is 19.9 Å². The van der Waals surface area contributed by atoms with E-state index in [1.54, 1.807) is 12.0 Å². The second-order valence-electron chi connectivity index (χ2n) is 8.11. The van der Waals surface area contributed by atoms with Gasteiger partial charge in [0.1, 0.15) is 11.8 Å². The number of benzene rings is 1. The predicted octanol–water partition coefficient (Wildman–Crippen LogP) is 1.26. The minimum atomic E-state index is -0.510. The Morgan fingerprint density at radius 2 is 1.91 bits per heavy atom. The zero-order valence-electron chi connectivity index (χ0n) is 18.7. The fourth-order valence-electron chi connectivity index (χ4n) is 4.05. The molecular formula is C23H32N6O3. The number of nitrogens with zero attached hydrogens (tertiary/aromatic N) is 4. The van der Waals surface area contributed by atoms with Crippen LogP contribution in [0.15, 0.2) is 29.3 Å². The topological polar surface area (TPSA) is 110 Å². The number of methoxy groups -OCH3 is 1. The number of nitrogens with one attached hydrogen (secondary N) is 2. The van der Waals surface area contributed by atoms with Gasteiger partial charge in [0.15, 0.2) is 6.19 Å². The number of guanidine groups is 1. The summed E-state index contributed by atoms with van der Waals surface area (Å²) in [5, 5.41) is 14.8. The van der Waals surface area contributed by atoms with E-state index in [1.165, 1.54) is 0 Å². The molecule has 1 aromatic rings. The molecule has 0 bridgehead atoms. The highest BCUT2D eigenvalue weighted by Crippen LogP contribution is 2.15. The number of carbonyl (C=O) groups excluding carboxylic acids is 2. The summed E-state index contributed by atoms with van der Waals surface area (Å²) in [4.78, 5) is 33.6. The molecule has 2 saturated heterocycles. The highest BCUT2D eigenvalue weighted by Gasteiger charge is 2.30. The van der Waals surface area contributed by atoms with E-state index in [0.29, 0.717) is 25.9 Å². The maximum Gasteiger partial charge on any atom is 0.245 e. The number of amides is 2. The molecule has 1 unspecified atom stereocenters. The first-order chi connectivity index (χ1) is 15.6. The lowest BCUT2D eigenvalue weighted by atomic mass is 10.1. The zero-order valence-corrected chi connectivity index (χ0v) is 18.7. The Kier molecular flexibility index (Phi) is 8.72. The molecule has 0 aromatic heterocycles. The Balaban J connectivity index is 1.58. The van der Waals surface area contributed by atoms with E-state index in [2.05, 4.69) is 15.6 Å². The Hall–Kier alpha value is -3.28. The lowest BCUT2D eigenvalue weighted by Crippen LogP contribution is -2.52. The van der Waals surface area contributed by atoms with E-state index < -0.39 is 6.04 Å². The monoisotopic (exact) mass is 440 g/mol. The van der Waals surface area contributed by atoms with Crippen molar-refractivity contribution in [3.05, 3.63) is 29.8 Å². The minimum Gasteiger partial charge on any atom is -0.497 e. The molecule has 2 heterocycles. The van der Waals surface area contributed by atoms with E-state index >= 15 is 0 Å². The number of nitriles is 1. The predicted molar refractivity (Wildman–Crippen MR) is 121 cm³/mol. The average molecular weight is 441 g/mol. The first kappa shape index (κ1) is 23.4. The number of aliphatic imine (C=N–C) groups is 1. The van der Waals surface area contributed by atoms with Gasteiger partial charge in [-0.1, -0.05) is 12.1 Å². The maximum absolute atomic E-state index is 13.1. The van der Waals surface area contributed by atoms with E-state index in [4.69, 9.17) is 10.00 Å². The van der Waals surface area contributed by atoms with E-state index in [1.807, 2.05) is 35.4 Å². The van der Waals surface area contributed by atoms with E-state index in [0.717, 1.165) is 50.1 Å². The van der Waals surface area contributed by atoms with Crippen LogP contribution in [-0.2, 0) is 16.0 Å². The van der Waals surface area contributed by atoms with Crippen LogP contribution in [0.5, 0.6) is 5.75 Å². The molecule has 1 atom stereocenters. The number of hydrogen-bond donors (Lipinski definition) is 2. The van der Waals surface area contributed by atoms with Crippen molar-refractivity contribution in [1.29, 1.82) is 5.26 Å². The summed E-state index contributed by atoms with van der Waals surface area (Å²) in [6, 6.07) is 7.23. The number of hydrogen-bond acceptors (Lipinski definition) is 5. The van der Waals surface area contributed by atoms with Crippen molar-refractivity contribution in [3.8, 4) is 11.9 Å². The Bertz CT molecular complexity index is 842. The second-order valence-corrected chi connectivity index (χ2v) is 8.11. The van der Waals surface area contributed by atoms with Crippen molar-refractivity contribution in [3.63, 3.8) is 0 Å². The maximum atomic E-state index is 13.1. The molecule has 9 nitrogen and oxygen atoms in total. The van der Waals surface area contributed by atoms with Gasteiger partial charge in [0.2, 0.25) is 17.8 Å². The van der Waals surface area contributed by atoms with Gasteiger partial charge < -0.3 is 19.9 Å². The third kappa shape index (κ3) is 6.61. The lowest BCUT2D eigenvalue weighted by Gasteiger charge is -2.27. The highest BCUT2D eigenvalue weighted by atomic mass is 16.5. The van der Waals surface area contributed by atoms with Crippen molar-refractivity contribution in [2.24, 2.45) is 4.99 Å². The Morgan fingerprint density at radius 3 is 2.59 bits per heavy atom. The standard InChI is InChI=1S/C23H32N6O3/c1-32-19-9-7-18(8-10-19)11-12-25-23(26-17-24)27-20-6-2-3-15-29(22(20)31)16-21(30)28-13-4-5-14-28/h7-10,20H,2-6,11-16H2,1H3,(H2,25,26,27). The first-order valence-corrected chi connectivity index (χ1v) is 11.3. The number of rotatable bonds is 7. The van der Waals surface area contributed by atoms with Gasteiger partial charge in [-0.15, -0.1) is 0 Å². The van der Waals surface area contributed by atoms with Gasteiger partial charge in [0.05, 0.1) is 13.7 Å². The highest BCUT2D eigenvalue weighted by molar-refractivity contribution is 5.92. The average Bonchev–Trinajstić information content (AvgIpc) is 3.30. The van der Waals surface area contributed by atoms with Crippen LogP contribution < -0.4 is 15.4 Å². The van der Waals surface area contributed by atoms with Crippen LogP contribution >= 0.6 is 0 Å². The summed E-state index contributed by atoms with van der Waals surface area (Å²) in [6.07, 6.45) is 6.99. The van der Waals surface area contributed by atoms with Crippen LogP contribution in [0.4, 0.5) is 0 Å². The molecule has 3 rings (SSSR count). The minimum absolute atomic E-state index is 0.0139. The first-order valence-electron chi connectivity index (χ1n) is 11.3. The van der Waals surface area contributed by atoms with E-state index in [-0.39, 0.29) is 24.3 Å². The van der Waals surface area contributed by atoms with Crippen LogP contribution in [0.2, 0.25) is 0 Å². The molecule has 172 valence electrons. The van der Waals surface area contributed by atoms with Crippen LogP contribution in [-0.4, -0.2) is 73.4 Å². The van der Waals surface area contributed by atoms with Crippen LogP contribution in [0.25, 0.3) is 0 Å². The Labute approximate surface area is 189 Å². The molecule has 32 heavy (non-hydrogen) atoms. The summed E-state index contributed by atoms with van der Waals surface area (Å²) in [5.74, 6) is 0.982. The molecule has 1 aromatic carbocycles. The number of carbonyl (C=O) groups is 2. The zero-order chi connectivity index (χ0) is 22.8. The molecule has 2 aliphatic rings. The number of ether oxygens (including phenoxy) is 1. The summed E-state index contributed by atoms with van der Waals surface area (Å²) >= 11 is 0. The van der Waals surface area contributed by atoms with Gasteiger partial charge in [-0.25, -0.2) is 0 Å². The van der Waals surface area contributed by atoms with Gasteiger partial charge >= 0.3 is 0 Å². The molecule has 2 amide bonds. The van der Waals surface area contributed by atoms with Crippen LogP contribution in [0.3, 0.4) is 0 Å². The number of likely N-dealkylation sites (tertiary alicyclic amines) is 2. The van der Waals surface area contributed by atoms with Crippen LogP contribution in [0, 0.1) is 11.5 Å². The fraction of sp³-hybridized carbons (Fsp3) is 0.565. The SMILES string of the molecule is COc1ccc(CCN=C(NC#N)NC2CCCCN(CC(=O)N3CCCC3)C2=O)cc1. The van der Waals surface area contributed by atoms with Gasteiger partial charge in [-0.2, -0.15) is 5.26 Å². The third-order valence-corrected chi connectivity index (χ3v) is 5.88. The van der Waals surface area contributed by atoms with Crippen molar-refractivity contribution in [2.75, 3.05) is 39.8 Å². The van der Waals surface area contributed by atoms with Crippen molar-refractivity contribution in [1.82, 2.24) is 20.4 Å². The smallest absolute Gasteiger partial charge is 0.245 e. The molecular weight excluding hydrogens is 408 g/mol. The molecule has 2 aliphatic heterocycles. The summed E-state index contributed by atoms with van der Waals surface area (Å²) in [7, 11) is 1.63. The summed E-state index contributed by atoms with van der Waals surface area (Å²) < 4.78 is 5.17. The fourth-order valence-corrected chi connectivity index (χ4v) is 4.05. The molecule has 0 aliphatic carbocycles. The molecule has 9 heteroatoms. The largest absolute Gasteiger partial charge is 0.497 e. The normalized spacial score (nSPS) is 19.3. The van der Waals surface area contributed by atoms with Gasteiger partial charge in [0.25, 0.3) is 0 Å². The second kappa shape index (κ2) is 11.9. The third-order valence-electron chi connectivity index (χ3n) is 5.88. The molecule has 2 fully saturated rings. The van der Waals surface area contributed by atoms with Crippen molar-refractivity contribution >= 4 is 17.8 Å². The van der Waals surface area contributed by atoms with E-state index in [9.17, 15) is 9.59 Å². The quantitative estimate of drug-likeness (QED) is 0.286.